The van der Waals surface area contributed by atoms with Crippen molar-refractivity contribution in [1.82, 2.24) is 0 Å². The van der Waals surface area contributed by atoms with Crippen LogP contribution in [0.4, 0.5) is 0 Å². The van der Waals surface area contributed by atoms with Gasteiger partial charge in [-0.05, 0) is 54.4 Å². The summed E-state index contributed by atoms with van der Waals surface area (Å²) in [6, 6.07) is 4.13. The molecular formula is C18H23ClO2. The van der Waals surface area contributed by atoms with E-state index in [4.69, 9.17) is 11.6 Å². The lowest BCUT2D eigenvalue weighted by Crippen LogP contribution is -2.18. The minimum atomic E-state index is -0.716. The van der Waals surface area contributed by atoms with E-state index in [1.807, 2.05) is 6.07 Å². The summed E-state index contributed by atoms with van der Waals surface area (Å²) in [5.41, 5.74) is 3.39. The Hall–Kier alpha value is -1.02. The molecule has 1 fully saturated rings. The molecule has 0 spiro atoms. The van der Waals surface area contributed by atoms with Gasteiger partial charge in [0.25, 0.3) is 0 Å². The summed E-state index contributed by atoms with van der Waals surface area (Å²) in [4.78, 5) is 11.4. The van der Waals surface area contributed by atoms with Gasteiger partial charge in [-0.2, -0.15) is 0 Å². The lowest BCUT2D eigenvalue weighted by Gasteiger charge is -2.26. The number of carbonyl (C=O) groups is 1. The Balaban J connectivity index is 1.84. The molecule has 3 heteroatoms. The average Bonchev–Trinajstić information content (AvgIpc) is 2.48. The fraction of sp³-hybridized carbons (Fsp3) is 0.611. The van der Waals surface area contributed by atoms with E-state index in [1.54, 1.807) is 0 Å². The Labute approximate surface area is 131 Å². The number of benzene rings is 1. The van der Waals surface area contributed by atoms with Crippen LogP contribution in [0.1, 0.15) is 67.6 Å². The summed E-state index contributed by atoms with van der Waals surface area (Å²) >= 11 is 6.46. The van der Waals surface area contributed by atoms with Crippen LogP contribution in [-0.2, 0) is 17.6 Å². The van der Waals surface area contributed by atoms with Crippen molar-refractivity contribution >= 4 is 17.6 Å². The lowest BCUT2D eigenvalue weighted by atomic mass is 9.80. The highest BCUT2D eigenvalue weighted by Crippen LogP contribution is 2.37. The second kappa shape index (κ2) is 6.39. The van der Waals surface area contributed by atoms with Crippen LogP contribution in [0.2, 0.25) is 5.02 Å². The molecule has 3 rings (SSSR count). The quantitative estimate of drug-likeness (QED) is 0.856. The van der Waals surface area contributed by atoms with Gasteiger partial charge in [0.1, 0.15) is 0 Å². The summed E-state index contributed by atoms with van der Waals surface area (Å²) in [6.07, 6.45) is 10.4. The molecule has 114 valence electrons. The molecule has 21 heavy (non-hydrogen) atoms. The van der Waals surface area contributed by atoms with Crippen molar-refractivity contribution in [1.29, 1.82) is 0 Å². The topological polar surface area (TPSA) is 37.3 Å². The molecule has 1 aromatic carbocycles. The molecule has 0 amide bonds. The first-order chi connectivity index (χ1) is 10.1. The molecule has 1 aromatic rings. The Bertz CT molecular complexity index is 532. The first kappa shape index (κ1) is 14.9. The van der Waals surface area contributed by atoms with E-state index in [0.717, 1.165) is 42.2 Å². The van der Waals surface area contributed by atoms with Gasteiger partial charge in [-0.15, -0.1) is 0 Å². The molecule has 2 nitrogen and oxygen atoms in total. The largest absolute Gasteiger partial charge is 0.481 e. The first-order valence-electron chi connectivity index (χ1n) is 8.19. The standard InChI is InChI=1S/C18H23ClO2/c19-17-11-16-13(7-4-8-15(16)18(20)21)10-14(17)9-12-5-2-1-3-6-12/h10-12,15H,1-9H2,(H,20,21). The van der Waals surface area contributed by atoms with E-state index in [1.165, 1.54) is 43.2 Å². The third-order valence-corrected chi connectivity index (χ3v) is 5.51. The lowest BCUT2D eigenvalue weighted by molar-refractivity contribution is -0.139. The van der Waals surface area contributed by atoms with Gasteiger partial charge in [0.2, 0.25) is 0 Å². The number of halogens is 1. The van der Waals surface area contributed by atoms with Crippen LogP contribution in [0.15, 0.2) is 12.1 Å². The van der Waals surface area contributed by atoms with Crippen molar-refractivity contribution in [3.63, 3.8) is 0 Å². The highest BCUT2D eigenvalue weighted by molar-refractivity contribution is 6.31. The van der Waals surface area contributed by atoms with E-state index in [-0.39, 0.29) is 5.92 Å². The SMILES string of the molecule is O=C(O)C1CCCc2cc(CC3CCCCC3)c(Cl)cc21. The number of hydrogen-bond acceptors (Lipinski definition) is 1. The molecule has 0 bridgehead atoms. The molecule has 0 saturated heterocycles. The Morgan fingerprint density at radius 3 is 2.62 bits per heavy atom. The van der Waals surface area contributed by atoms with E-state index in [9.17, 15) is 9.90 Å². The number of aryl methyl sites for hydroxylation is 1. The van der Waals surface area contributed by atoms with Crippen LogP contribution in [-0.4, -0.2) is 11.1 Å². The molecule has 0 radical (unpaired) electrons. The van der Waals surface area contributed by atoms with E-state index < -0.39 is 5.97 Å². The van der Waals surface area contributed by atoms with Gasteiger partial charge in [0.15, 0.2) is 0 Å². The zero-order valence-electron chi connectivity index (χ0n) is 12.4. The van der Waals surface area contributed by atoms with Crippen LogP contribution in [0.3, 0.4) is 0 Å². The van der Waals surface area contributed by atoms with Gasteiger partial charge in [0, 0.05) is 5.02 Å². The van der Waals surface area contributed by atoms with E-state index in [2.05, 4.69) is 6.07 Å². The number of fused-ring (bicyclic) bond motifs is 1. The van der Waals surface area contributed by atoms with Gasteiger partial charge >= 0.3 is 5.97 Å². The third-order valence-electron chi connectivity index (χ3n) is 5.15. The zero-order valence-corrected chi connectivity index (χ0v) is 13.2. The van der Waals surface area contributed by atoms with E-state index >= 15 is 0 Å². The highest BCUT2D eigenvalue weighted by atomic mass is 35.5. The van der Waals surface area contributed by atoms with Crippen LogP contribution >= 0.6 is 11.6 Å². The first-order valence-corrected chi connectivity index (χ1v) is 8.57. The van der Waals surface area contributed by atoms with Crippen molar-refractivity contribution < 1.29 is 9.90 Å². The molecule has 1 unspecified atom stereocenters. The predicted octanol–water partition coefficient (Wildman–Crippen LogP) is 4.97. The minimum Gasteiger partial charge on any atom is -0.481 e. The fourth-order valence-electron chi connectivity index (χ4n) is 3.99. The maximum absolute atomic E-state index is 11.4. The second-order valence-electron chi connectivity index (χ2n) is 6.63. The fourth-order valence-corrected chi connectivity index (χ4v) is 4.24. The molecule has 1 N–H and O–H groups in total. The summed E-state index contributed by atoms with van der Waals surface area (Å²) in [6.45, 7) is 0. The number of hydrogen-bond donors (Lipinski definition) is 1. The monoisotopic (exact) mass is 306 g/mol. The number of aliphatic carboxylic acids is 1. The molecule has 0 aromatic heterocycles. The highest BCUT2D eigenvalue weighted by Gasteiger charge is 2.27. The van der Waals surface area contributed by atoms with Crippen molar-refractivity contribution in [2.45, 2.75) is 63.7 Å². The van der Waals surface area contributed by atoms with E-state index in [0.29, 0.717) is 0 Å². The van der Waals surface area contributed by atoms with Gasteiger partial charge in [-0.3, -0.25) is 4.79 Å². The smallest absolute Gasteiger partial charge is 0.310 e. The van der Waals surface area contributed by atoms with Crippen molar-refractivity contribution in [2.75, 3.05) is 0 Å². The Kier molecular flexibility index (Phi) is 4.54. The average molecular weight is 307 g/mol. The van der Waals surface area contributed by atoms with Crippen LogP contribution in [0.5, 0.6) is 0 Å². The van der Waals surface area contributed by atoms with Gasteiger partial charge in [-0.25, -0.2) is 0 Å². The normalized spacial score (nSPS) is 22.8. The summed E-state index contributed by atoms with van der Waals surface area (Å²) in [5.74, 6) is -0.324. The van der Waals surface area contributed by atoms with Gasteiger partial charge in [0.05, 0.1) is 5.92 Å². The number of carboxylic acid groups (broad SMARTS) is 1. The molecule has 2 aliphatic carbocycles. The Morgan fingerprint density at radius 1 is 1.14 bits per heavy atom. The number of carboxylic acids is 1. The molecule has 0 heterocycles. The van der Waals surface area contributed by atoms with Crippen LogP contribution < -0.4 is 0 Å². The van der Waals surface area contributed by atoms with Gasteiger partial charge < -0.3 is 5.11 Å². The maximum atomic E-state index is 11.4. The Morgan fingerprint density at radius 2 is 1.90 bits per heavy atom. The van der Waals surface area contributed by atoms with Crippen molar-refractivity contribution in [2.24, 2.45) is 5.92 Å². The van der Waals surface area contributed by atoms with Crippen molar-refractivity contribution in [3.8, 4) is 0 Å². The predicted molar refractivity (Wildman–Crippen MR) is 85.0 cm³/mol. The maximum Gasteiger partial charge on any atom is 0.310 e. The van der Waals surface area contributed by atoms with Gasteiger partial charge in [-0.1, -0.05) is 49.8 Å². The number of rotatable bonds is 3. The van der Waals surface area contributed by atoms with Crippen LogP contribution in [0, 0.1) is 5.92 Å². The van der Waals surface area contributed by atoms with Crippen molar-refractivity contribution in [3.05, 3.63) is 33.8 Å². The molecule has 1 saturated carbocycles. The summed E-state index contributed by atoms with van der Waals surface area (Å²) in [7, 11) is 0. The summed E-state index contributed by atoms with van der Waals surface area (Å²) < 4.78 is 0. The molecular weight excluding hydrogens is 284 g/mol. The summed E-state index contributed by atoms with van der Waals surface area (Å²) in [5, 5.41) is 10.1. The second-order valence-corrected chi connectivity index (χ2v) is 7.04. The van der Waals surface area contributed by atoms with Crippen LogP contribution in [0.25, 0.3) is 0 Å². The minimum absolute atomic E-state index is 0.366. The molecule has 1 atom stereocenters. The zero-order chi connectivity index (χ0) is 14.8. The molecule has 2 aliphatic rings. The molecule has 0 aliphatic heterocycles. The third kappa shape index (κ3) is 3.26.